The molecule has 2 heterocycles. The van der Waals surface area contributed by atoms with Crippen molar-refractivity contribution in [2.45, 2.75) is 18.9 Å². The lowest BCUT2D eigenvalue weighted by molar-refractivity contribution is -0.116. The van der Waals surface area contributed by atoms with Gasteiger partial charge in [-0.2, -0.15) is 0 Å². The fourth-order valence-electron chi connectivity index (χ4n) is 2.23. The van der Waals surface area contributed by atoms with E-state index in [2.05, 4.69) is 21.2 Å². The molecule has 0 radical (unpaired) electrons. The number of halogens is 1. The molecule has 0 fully saturated rings. The van der Waals surface area contributed by atoms with Crippen molar-refractivity contribution in [1.29, 1.82) is 0 Å². The highest BCUT2D eigenvalue weighted by molar-refractivity contribution is 9.10. The first-order valence-corrected chi connectivity index (χ1v) is 7.66. The molecule has 2 aromatic rings. The first-order valence-electron chi connectivity index (χ1n) is 5.99. The molecule has 3 rings (SSSR count). The number of nitrogens with one attached hydrogen (secondary N) is 1. The second-order valence-electron chi connectivity index (χ2n) is 4.50. The molecule has 2 N–H and O–H groups in total. The van der Waals surface area contributed by atoms with Gasteiger partial charge < -0.3 is 10.4 Å². The van der Waals surface area contributed by atoms with Crippen LogP contribution >= 0.6 is 27.3 Å². The molecule has 0 bridgehead atoms. The highest BCUT2D eigenvalue weighted by atomic mass is 79.9. The zero-order chi connectivity index (χ0) is 13.4. The minimum atomic E-state index is -0.627. The molecule has 1 aliphatic rings. The van der Waals surface area contributed by atoms with Gasteiger partial charge in [-0.05, 0) is 51.0 Å². The van der Waals surface area contributed by atoms with Crippen LogP contribution in [0.5, 0.6) is 0 Å². The van der Waals surface area contributed by atoms with Gasteiger partial charge in [-0.3, -0.25) is 4.79 Å². The van der Waals surface area contributed by atoms with E-state index < -0.39 is 6.10 Å². The van der Waals surface area contributed by atoms with E-state index in [1.807, 2.05) is 29.6 Å². The third kappa shape index (κ3) is 2.45. The quantitative estimate of drug-likeness (QED) is 0.881. The minimum Gasteiger partial charge on any atom is -0.383 e. The number of hydrogen-bond acceptors (Lipinski definition) is 3. The van der Waals surface area contributed by atoms with Gasteiger partial charge in [0.05, 0.1) is 4.88 Å². The van der Waals surface area contributed by atoms with Gasteiger partial charge >= 0.3 is 0 Å². The largest absolute Gasteiger partial charge is 0.383 e. The van der Waals surface area contributed by atoms with E-state index in [-0.39, 0.29) is 5.91 Å². The minimum absolute atomic E-state index is 0.0572. The van der Waals surface area contributed by atoms with Crippen molar-refractivity contribution in [3.05, 3.63) is 50.1 Å². The van der Waals surface area contributed by atoms with Gasteiger partial charge in [0.25, 0.3) is 0 Å². The molecule has 98 valence electrons. The fourth-order valence-corrected chi connectivity index (χ4v) is 3.83. The van der Waals surface area contributed by atoms with Crippen LogP contribution in [0.4, 0.5) is 5.69 Å². The van der Waals surface area contributed by atoms with Gasteiger partial charge in [-0.25, -0.2) is 0 Å². The molecule has 1 amide bonds. The number of carbonyl (C=O) groups is 1. The Morgan fingerprint density at radius 3 is 2.89 bits per heavy atom. The Bertz CT molecular complexity index is 638. The molecule has 1 atom stereocenters. The number of thiophene rings is 1. The van der Waals surface area contributed by atoms with E-state index in [9.17, 15) is 9.90 Å². The van der Waals surface area contributed by atoms with Crippen molar-refractivity contribution < 1.29 is 9.90 Å². The Balaban J connectivity index is 1.94. The standard InChI is InChI=1S/C14H12BrNO2S/c15-10-5-6-19-14(10)13(18)9-1-3-11-8(7-9)2-4-12(17)16-11/h1,3,5-7,13,18H,2,4H2,(H,16,17). The van der Waals surface area contributed by atoms with Crippen LogP contribution in [0.1, 0.15) is 28.5 Å². The number of aliphatic hydroxyl groups excluding tert-OH is 1. The molecule has 0 saturated carbocycles. The molecule has 0 aliphatic carbocycles. The number of carbonyl (C=O) groups excluding carboxylic acids is 1. The number of hydrogen-bond donors (Lipinski definition) is 2. The normalized spacial score (nSPS) is 15.8. The van der Waals surface area contributed by atoms with Crippen molar-refractivity contribution >= 4 is 38.9 Å². The number of aliphatic hydroxyl groups is 1. The molecular formula is C14H12BrNO2S. The average molecular weight is 338 g/mol. The molecule has 1 aliphatic heterocycles. The van der Waals surface area contributed by atoms with Gasteiger partial charge in [0, 0.05) is 16.6 Å². The molecule has 1 aromatic carbocycles. The van der Waals surface area contributed by atoms with E-state index in [4.69, 9.17) is 0 Å². The van der Waals surface area contributed by atoms with Crippen LogP contribution in [0.25, 0.3) is 0 Å². The summed E-state index contributed by atoms with van der Waals surface area (Å²) in [6.07, 6.45) is 0.611. The summed E-state index contributed by atoms with van der Waals surface area (Å²) in [5, 5.41) is 15.2. The van der Waals surface area contributed by atoms with Crippen LogP contribution in [-0.2, 0) is 11.2 Å². The molecule has 5 heteroatoms. The smallest absolute Gasteiger partial charge is 0.224 e. The van der Waals surface area contributed by atoms with Gasteiger partial charge in [0.15, 0.2) is 0 Å². The Kier molecular flexibility index (Phi) is 3.43. The molecule has 1 unspecified atom stereocenters. The monoisotopic (exact) mass is 337 g/mol. The van der Waals surface area contributed by atoms with Gasteiger partial charge in [-0.15, -0.1) is 11.3 Å². The van der Waals surface area contributed by atoms with Gasteiger partial charge in [0.1, 0.15) is 6.10 Å². The molecule has 0 spiro atoms. The van der Waals surface area contributed by atoms with Crippen molar-refractivity contribution in [1.82, 2.24) is 0 Å². The second kappa shape index (κ2) is 5.07. The maximum absolute atomic E-state index is 11.3. The highest BCUT2D eigenvalue weighted by Crippen LogP contribution is 2.35. The average Bonchev–Trinajstić information content (AvgIpc) is 2.83. The maximum atomic E-state index is 11.3. The van der Waals surface area contributed by atoms with E-state index in [1.54, 1.807) is 0 Å². The lowest BCUT2D eigenvalue weighted by atomic mass is 9.98. The van der Waals surface area contributed by atoms with E-state index in [0.29, 0.717) is 6.42 Å². The maximum Gasteiger partial charge on any atom is 0.224 e. The Morgan fingerprint density at radius 1 is 1.32 bits per heavy atom. The zero-order valence-corrected chi connectivity index (χ0v) is 12.4. The third-order valence-corrected chi connectivity index (χ3v) is 5.16. The molecule has 3 nitrogen and oxygen atoms in total. The summed E-state index contributed by atoms with van der Waals surface area (Å²) in [5.74, 6) is 0.0572. The summed E-state index contributed by atoms with van der Waals surface area (Å²) in [4.78, 5) is 12.2. The Morgan fingerprint density at radius 2 is 2.16 bits per heavy atom. The fraction of sp³-hybridized carbons (Fsp3) is 0.214. The topological polar surface area (TPSA) is 49.3 Å². The number of rotatable bonds is 2. The SMILES string of the molecule is O=C1CCc2cc(C(O)c3sccc3Br)ccc2N1. The molecule has 1 aromatic heterocycles. The summed E-state index contributed by atoms with van der Waals surface area (Å²) < 4.78 is 0.927. The van der Waals surface area contributed by atoms with Crippen molar-refractivity contribution in [3.8, 4) is 0 Å². The van der Waals surface area contributed by atoms with Crippen LogP contribution in [0, 0.1) is 0 Å². The van der Waals surface area contributed by atoms with Gasteiger partial charge in [0.2, 0.25) is 5.91 Å². The summed E-state index contributed by atoms with van der Waals surface area (Å²) in [6, 6.07) is 7.64. The molecular weight excluding hydrogens is 326 g/mol. The van der Waals surface area contributed by atoms with Crippen LogP contribution in [0.3, 0.4) is 0 Å². The Hall–Kier alpha value is -1.17. The third-order valence-electron chi connectivity index (χ3n) is 3.23. The van der Waals surface area contributed by atoms with E-state index in [1.165, 1.54) is 11.3 Å². The first-order chi connectivity index (χ1) is 9.15. The molecule has 19 heavy (non-hydrogen) atoms. The number of anilines is 1. The lowest BCUT2D eigenvalue weighted by Crippen LogP contribution is -2.19. The number of amides is 1. The number of aryl methyl sites for hydroxylation is 1. The van der Waals surface area contributed by atoms with Crippen molar-refractivity contribution in [2.75, 3.05) is 5.32 Å². The second-order valence-corrected chi connectivity index (χ2v) is 6.30. The van der Waals surface area contributed by atoms with Gasteiger partial charge in [-0.1, -0.05) is 12.1 Å². The first kappa shape index (κ1) is 12.8. The molecule has 0 saturated heterocycles. The van der Waals surface area contributed by atoms with Crippen molar-refractivity contribution in [3.63, 3.8) is 0 Å². The number of benzene rings is 1. The van der Waals surface area contributed by atoms with Crippen LogP contribution in [-0.4, -0.2) is 11.0 Å². The number of fused-ring (bicyclic) bond motifs is 1. The van der Waals surface area contributed by atoms with Crippen LogP contribution in [0.2, 0.25) is 0 Å². The van der Waals surface area contributed by atoms with Crippen molar-refractivity contribution in [2.24, 2.45) is 0 Å². The summed E-state index contributed by atoms with van der Waals surface area (Å²) >= 11 is 4.96. The summed E-state index contributed by atoms with van der Waals surface area (Å²) in [6.45, 7) is 0. The predicted octanol–water partition coefficient (Wildman–Crippen LogP) is 3.48. The summed E-state index contributed by atoms with van der Waals surface area (Å²) in [7, 11) is 0. The Labute approximate surface area is 123 Å². The predicted molar refractivity (Wildman–Crippen MR) is 79.5 cm³/mol. The van der Waals surface area contributed by atoms with Crippen LogP contribution < -0.4 is 5.32 Å². The zero-order valence-electron chi connectivity index (χ0n) is 10.0. The summed E-state index contributed by atoms with van der Waals surface area (Å²) in [5.41, 5.74) is 2.80. The lowest BCUT2D eigenvalue weighted by Gasteiger charge is -2.19. The highest BCUT2D eigenvalue weighted by Gasteiger charge is 2.19. The van der Waals surface area contributed by atoms with E-state index >= 15 is 0 Å². The van der Waals surface area contributed by atoms with Crippen LogP contribution in [0.15, 0.2) is 34.1 Å². The van der Waals surface area contributed by atoms with E-state index in [0.717, 1.165) is 32.6 Å².